The van der Waals surface area contributed by atoms with Crippen LogP contribution in [0.3, 0.4) is 0 Å². The average Bonchev–Trinajstić information content (AvgIpc) is 2.98. The summed E-state index contributed by atoms with van der Waals surface area (Å²) in [5, 5.41) is 8.23. The summed E-state index contributed by atoms with van der Waals surface area (Å²) in [4.78, 5) is 34.0. The zero-order valence-electron chi connectivity index (χ0n) is 20.2. The fraction of sp³-hybridized carbons (Fsp3) is 0.480. The highest BCUT2D eigenvalue weighted by Crippen LogP contribution is 2.13. The van der Waals surface area contributed by atoms with Crippen molar-refractivity contribution in [2.75, 3.05) is 26.2 Å². The minimum Gasteiger partial charge on any atom is -0.494 e. The highest BCUT2D eigenvalue weighted by atomic mass is 16.5. The number of allylic oxidation sites excluding steroid dienone is 1. The van der Waals surface area contributed by atoms with Crippen molar-refractivity contribution >= 4 is 17.7 Å². The number of rotatable bonds is 8. The molecule has 8 nitrogen and oxygen atoms in total. The standard InChI is InChI=1S/C16H22N2O3.C6H12N2O.C3H6/c1-2-21-13-8-6-12(7-9-13)11-15(19)18-14-5-3-4-10-17-16(14)20;1-6(9)8-5-3-2-4-7;1-3-2/h6-9,14H,2-5,10-11H2,1H3,(H,17,20)(H,18,19);2-3H,4-5,7H2,1H3,(H,8,9);3H,1H2,2H3/b;3-2+;. The van der Waals surface area contributed by atoms with Gasteiger partial charge >= 0.3 is 0 Å². The third-order valence-corrected chi connectivity index (χ3v) is 4.24. The van der Waals surface area contributed by atoms with E-state index in [4.69, 9.17) is 10.5 Å². The molecule has 1 aliphatic rings. The van der Waals surface area contributed by atoms with Crippen molar-refractivity contribution in [3.05, 3.63) is 54.6 Å². The van der Waals surface area contributed by atoms with Crippen LogP contribution in [0.25, 0.3) is 0 Å². The van der Waals surface area contributed by atoms with Gasteiger partial charge in [0, 0.05) is 26.6 Å². The van der Waals surface area contributed by atoms with E-state index in [2.05, 4.69) is 22.5 Å². The number of carbonyl (C=O) groups is 3. The van der Waals surface area contributed by atoms with Crippen molar-refractivity contribution in [1.82, 2.24) is 16.0 Å². The molecule has 1 fully saturated rings. The first kappa shape index (κ1) is 29.9. The van der Waals surface area contributed by atoms with Crippen LogP contribution < -0.4 is 26.4 Å². The predicted octanol–water partition coefficient (Wildman–Crippen LogP) is 2.24. The molecular formula is C25H40N4O4. The van der Waals surface area contributed by atoms with Crippen molar-refractivity contribution in [2.24, 2.45) is 5.73 Å². The van der Waals surface area contributed by atoms with Gasteiger partial charge in [0.2, 0.25) is 17.7 Å². The largest absolute Gasteiger partial charge is 0.494 e. The average molecular weight is 461 g/mol. The summed E-state index contributed by atoms with van der Waals surface area (Å²) in [5.74, 6) is 0.579. The Balaban J connectivity index is 0.000000715. The maximum Gasteiger partial charge on any atom is 0.242 e. The number of ether oxygens (including phenoxy) is 1. The molecule has 0 aromatic heterocycles. The zero-order valence-corrected chi connectivity index (χ0v) is 20.2. The van der Waals surface area contributed by atoms with E-state index in [9.17, 15) is 14.4 Å². The normalized spacial score (nSPS) is 14.9. The Morgan fingerprint density at radius 2 is 1.91 bits per heavy atom. The van der Waals surface area contributed by atoms with Crippen LogP contribution in [0.15, 0.2) is 49.1 Å². The first-order valence-electron chi connectivity index (χ1n) is 11.3. The highest BCUT2D eigenvalue weighted by Gasteiger charge is 2.22. The van der Waals surface area contributed by atoms with Gasteiger partial charge in [-0.05, 0) is 50.8 Å². The van der Waals surface area contributed by atoms with E-state index in [1.807, 2.05) is 44.2 Å². The smallest absolute Gasteiger partial charge is 0.242 e. The third kappa shape index (κ3) is 16.2. The Hall–Kier alpha value is -3.13. The molecule has 3 amide bonds. The van der Waals surface area contributed by atoms with Crippen molar-refractivity contribution in [1.29, 1.82) is 0 Å². The fourth-order valence-corrected chi connectivity index (χ4v) is 2.76. The molecule has 1 heterocycles. The molecule has 0 aliphatic carbocycles. The molecular weight excluding hydrogens is 420 g/mol. The summed E-state index contributed by atoms with van der Waals surface area (Å²) in [6, 6.07) is 7.05. The summed E-state index contributed by atoms with van der Waals surface area (Å²) in [7, 11) is 0. The zero-order chi connectivity index (χ0) is 24.9. The van der Waals surface area contributed by atoms with Gasteiger partial charge in [-0.3, -0.25) is 14.4 Å². The van der Waals surface area contributed by atoms with Crippen LogP contribution in [0, 0.1) is 0 Å². The molecule has 0 saturated carbocycles. The molecule has 1 aromatic rings. The number of nitrogens with two attached hydrogens (primary N) is 1. The van der Waals surface area contributed by atoms with Gasteiger partial charge in [-0.15, -0.1) is 6.58 Å². The van der Waals surface area contributed by atoms with Gasteiger partial charge in [-0.1, -0.05) is 30.4 Å². The summed E-state index contributed by atoms with van der Waals surface area (Å²) < 4.78 is 5.36. The quantitative estimate of drug-likeness (QED) is 0.443. The molecule has 1 saturated heterocycles. The molecule has 0 spiro atoms. The van der Waals surface area contributed by atoms with Gasteiger partial charge in [0.1, 0.15) is 11.8 Å². The van der Waals surface area contributed by atoms with Crippen LogP contribution in [0.1, 0.15) is 45.6 Å². The van der Waals surface area contributed by atoms with Gasteiger partial charge in [0.05, 0.1) is 13.0 Å². The predicted molar refractivity (Wildman–Crippen MR) is 133 cm³/mol. The van der Waals surface area contributed by atoms with Crippen LogP contribution in [0.5, 0.6) is 5.75 Å². The lowest BCUT2D eigenvalue weighted by molar-refractivity contribution is -0.128. The molecule has 0 bridgehead atoms. The van der Waals surface area contributed by atoms with E-state index < -0.39 is 6.04 Å². The van der Waals surface area contributed by atoms with E-state index >= 15 is 0 Å². The Morgan fingerprint density at radius 1 is 1.24 bits per heavy atom. The number of amides is 3. The van der Waals surface area contributed by atoms with Crippen LogP contribution in [-0.4, -0.2) is 50.0 Å². The Labute approximate surface area is 198 Å². The lowest BCUT2D eigenvalue weighted by Gasteiger charge is -2.15. The minimum atomic E-state index is -0.400. The topological polar surface area (TPSA) is 123 Å². The second-order valence-corrected chi connectivity index (χ2v) is 7.21. The summed E-state index contributed by atoms with van der Waals surface area (Å²) in [5.41, 5.74) is 6.05. The Morgan fingerprint density at radius 3 is 2.48 bits per heavy atom. The van der Waals surface area contributed by atoms with Crippen LogP contribution >= 0.6 is 0 Å². The molecule has 2 rings (SSSR count). The summed E-state index contributed by atoms with van der Waals surface area (Å²) in [6.07, 6.45) is 8.28. The van der Waals surface area contributed by atoms with Crippen molar-refractivity contribution in [2.45, 2.75) is 52.5 Å². The number of benzene rings is 1. The monoisotopic (exact) mass is 460 g/mol. The Bertz CT molecular complexity index is 732. The maximum absolute atomic E-state index is 12.0. The molecule has 1 aromatic carbocycles. The van der Waals surface area contributed by atoms with Gasteiger partial charge in [0.25, 0.3) is 0 Å². The second-order valence-electron chi connectivity index (χ2n) is 7.21. The molecule has 8 heteroatoms. The van der Waals surface area contributed by atoms with Gasteiger partial charge in [0.15, 0.2) is 0 Å². The van der Waals surface area contributed by atoms with E-state index in [1.54, 1.807) is 12.2 Å². The lowest BCUT2D eigenvalue weighted by Crippen LogP contribution is -2.45. The minimum absolute atomic E-state index is 0.0170. The molecule has 33 heavy (non-hydrogen) atoms. The molecule has 1 unspecified atom stereocenters. The molecule has 1 aliphatic heterocycles. The molecule has 1 atom stereocenters. The van der Waals surface area contributed by atoms with E-state index in [-0.39, 0.29) is 24.1 Å². The van der Waals surface area contributed by atoms with Crippen LogP contribution in [0.4, 0.5) is 0 Å². The summed E-state index contributed by atoms with van der Waals surface area (Å²) >= 11 is 0. The fourth-order valence-electron chi connectivity index (χ4n) is 2.76. The second kappa shape index (κ2) is 19.5. The van der Waals surface area contributed by atoms with Gasteiger partial charge < -0.3 is 26.4 Å². The van der Waals surface area contributed by atoms with E-state index in [0.29, 0.717) is 32.7 Å². The van der Waals surface area contributed by atoms with Crippen molar-refractivity contribution in [3.8, 4) is 5.75 Å². The highest BCUT2D eigenvalue weighted by molar-refractivity contribution is 5.88. The summed E-state index contributed by atoms with van der Waals surface area (Å²) in [6.45, 7) is 11.1. The lowest BCUT2D eigenvalue weighted by atomic mass is 10.1. The van der Waals surface area contributed by atoms with Crippen molar-refractivity contribution < 1.29 is 19.1 Å². The number of carbonyl (C=O) groups excluding carboxylic acids is 3. The first-order valence-corrected chi connectivity index (χ1v) is 11.3. The number of nitrogens with one attached hydrogen (secondary N) is 3. The van der Waals surface area contributed by atoms with Crippen LogP contribution in [-0.2, 0) is 20.8 Å². The van der Waals surface area contributed by atoms with Crippen LogP contribution in [0.2, 0.25) is 0 Å². The Kier molecular flexibility index (Phi) is 17.7. The SMILES string of the molecule is C=CC.CC(=O)NC/C=C/CN.CCOc1ccc(CC(=O)NC2CCCCNC2=O)cc1. The van der Waals surface area contributed by atoms with E-state index in [1.165, 1.54) is 6.92 Å². The molecule has 0 radical (unpaired) electrons. The molecule has 184 valence electrons. The van der Waals surface area contributed by atoms with Gasteiger partial charge in [-0.2, -0.15) is 0 Å². The third-order valence-electron chi connectivity index (χ3n) is 4.24. The number of hydrogen-bond acceptors (Lipinski definition) is 5. The maximum atomic E-state index is 12.0. The number of hydrogen-bond donors (Lipinski definition) is 4. The van der Waals surface area contributed by atoms with Crippen molar-refractivity contribution in [3.63, 3.8) is 0 Å². The van der Waals surface area contributed by atoms with E-state index in [0.717, 1.165) is 24.2 Å². The molecule has 5 N–H and O–H groups in total. The van der Waals surface area contributed by atoms with Gasteiger partial charge in [-0.25, -0.2) is 0 Å². The first-order chi connectivity index (χ1) is 15.9.